The number of hydrogen-bond donors (Lipinski definition) is 2. The third kappa shape index (κ3) is 3.08. The van der Waals surface area contributed by atoms with Gasteiger partial charge >= 0.3 is 0 Å². The van der Waals surface area contributed by atoms with Gasteiger partial charge in [-0.2, -0.15) is 5.26 Å². The maximum atomic E-state index is 12.1. The molecule has 0 spiro atoms. The Kier molecular flexibility index (Phi) is 4.21. The molecule has 116 valence electrons. The maximum absolute atomic E-state index is 12.1. The lowest BCUT2D eigenvalue weighted by molar-refractivity contribution is 0.436. The van der Waals surface area contributed by atoms with Gasteiger partial charge in [0.1, 0.15) is 17.4 Å². The summed E-state index contributed by atoms with van der Waals surface area (Å²) in [5.74, 6) is -0.226. The van der Waals surface area contributed by atoms with Crippen LogP contribution in [0.1, 0.15) is 11.4 Å². The van der Waals surface area contributed by atoms with E-state index in [4.69, 9.17) is 0 Å². The highest BCUT2D eigenvalue weighted by molar-refractivity contribution is 5.82. The number of fused-ring (bicyclic) bond motifs is 1. The van der Waals surface area contributed by atoms with Gasteiger partial charge in [-0.1, -0.05) is 48.5 Å². The molecular formula is C19H13N3O2. The summed E-state index contributed by atoms with van der Waals surface area (Å²) in [5, 5.41) is 20.0. The molecule has 5 heteroatoms. The van der Waals surface area contributed by atoms with Crippen LogP contribution in [0, 0.1) is 11.3 Å². The second-order valence-electron chi connectivity index (χ2n) is 5.05. The number of nitrogens with one attached hydrogen (secondary N) is 1. The van der Waals surface area contributed by atoms with E-state index >= 15 is 0 Å². The van der Waals surface area contributed by atoms with Gasteiger partial charge in [-0.05, 0) is 23.8 Å². The summed E-state index contributed by atoms with van der Waals surface area (Å²) >= 11 is 0. The van der Waals surface area contributed by atoms with Crippen molar-refractivity contribution < 1.29 is 5.11 Å². The zero-order valence-corrected chi connectivity index (χ0v) is 12.6. The molecule has 5 nitrogen and oxygen atoms in total. The van der Waals surface area contributed by atoms with Crippen molar-refractivity contribution in [2.75, 3.05) is 0 Å². The number of benzene rings is 2. The van der Waals surface area contributed by atoms with Gasteiger partial charge in [0.05, 0.1) is 10.9 Å². The number of hydrogen-bond acceptors (Lipinski definition) is 4. The van der Waals surface area contributed by atoms with Crippen molar-refractivity contribution in [2.45, 2.75) is 0 Å². The zero-order valence-electron chi connectivity index (χ0n) is 12.6. The number of aliphatic hydroxyl groups excluding tert-OH is 1. The monoisotopic (exact) mass is 315 g/mol. The molecule has 0 fully saturated rings. The molecule has 2 N–H and O–H groups in total. The second kappa shape index (κ2) is 6.63. The Labute approximate surface area is 137 Å². The van der Waals surface area contributed by atoms with Crippen molar-refractivity contribution >= 4 is 22.6 Å². The molecular weight excluding hydrogens is 302 g/mol. The van der Waals surface area contributed by atoms with Crippen LogP contribution in [0.4, 0.5) is 0 Å². The van der Waals surface area contributed by atoms with Gasteiger partial charge in [0.15, 0.2) is 5.82 Å². The van der Waals surface area contributed by atoms with Crippen LogP contribution in [0.25, 0.3) is 22.6 Å². The number of nitrogens with zero attached hydrogens (tertiary/aromatic N) is 2. The molecule has 0 saturated heterocycles. The number of allylic oxidation sites excluding steroid dienone is 2. The first-order chi connectivity index (χ1) is 11.7. The Morgan fingerprint density at radius 2 is 1.83 bits per heavy atom. The molecule has 0 unspecified atom stereocenters. The summed E-state index contributed by atoms with van der Waals surface area (Å²) in [6.45, 7) is 0. The van der Waals surface area contributed by atoms with E-state index < -0.39 is 0 Å². The van der Waals surface area contributed by atoms with Crippen LogP contribution < -0.4 is 5.56 Å². The Bertz CT molecular complexity index is 1040. The molecule has 3 rings (SSSR count). The summed E-state index contributed by atoms with van der Waals surface area (Å²) in [5.41, 5.74) is 0.887. The van der Waals surface area contributed by atoms with Gasteiger partial charge in [-0.25, -0.2) is 4.98 Å². The Morgan fingerprint density at radius 3 is 2.58 bits per heavy atom. The van der Waals surface area contributed by atoms with Crippen LogP contribution >= 0.6 is 0 Å². The van der Waals surface area contributed by atoms with Crippen molar-refractivity contribution in [3.63, 3.8) is 0 Å². The lowest BCUT2D eigenvalue weighted by Gasteiger charge is -2.03. The number of aromatic nitrogens is 2. The maximum Gasteiger partial charge on any atom is 0.259 e. The predicted molar refractivity (Wildman–Crippen MR) is 93.0 cm³/mol. The number of H-pyrrole nitrogens is 1. The first kappa shape index (κ1) is 15.3. The minimum absolute atomic E-state index is 0.0383. The fraction of sp³-hybridized carbons (Fsp3) is 0. The Morgan fingerprint density at radius 1 is 1.12 bits per heavy atom. The van der Waals surface area contributed by atoms with E-state index in [-0.39, 0.29) is 22.7 Å². The third-order valence-corrected chi connectivity index (χ3v) is 3.45. The molecule has 0 aliphatic rings. The van der Waals surface area contributed by atoms with E-state index in [9.17, 15) is 15.2 Å². The van der Waals surface area contributed by atoms with Crippen LogP contribution in [0.3, 0.4) is 0 Å². The van der Waals surface area contributed by atoms with Crippen LogP contribution in [-0.2, 0) is 0 Å². The molecule has 0 amide bonds. The van der Waals surface area contributed by atoms with Crippen LogP contribution in [0.2, 0.25) is 0 Å². The second-order valence-corrected chi connectivity index (χ2v) is 5.05. The highest BCUT2D eigenvalue weighted by atomic mass is 16.3. The average Bonchev–Trinajstić information content (AvgIpc) is 2.61. The van der Waals surface area contributed by atoms with Gasteiger partial charge in [0.2, 0.25) is 0 Å². The van der Waals surface area contributed by atoms with E-state index in [1.54, 1.807) is 30.3 Å². The highest BCUT2D eigenvalue weighted by Crippen LogP contribution is 2.16. The quantitative estimate of drug-likeness (QED) is 0.440. The van der Waals surface area contributed by atoms with Gasteiger partial charge < -0.3 is 10.1 Å². The van der Waals surface area contributed by atoms with E-state index in [1.807, 2.05) is 36.4 Å². The van der Waals surface area contributed by atoms with Gasteiger partial charge in [-0.3, -0.25) is 4.79 Å². The van der Waals surface area contributed by atoms with Crippen molar-refractivity contribution in [3.05, 3.63) is 88.2 Å². The van der Waals surface area contributed by atoms with E-state index in [0.717, 1.165) is 5.56 Å². The van der Waals surface area contributed by atoms with Crippen molar-refractivity contribution in [3.8, 4) is 6.07 Å². The van der Waals surface area contributed by atoms with Gasteiger partial charge in [0, 0.05) is 0 Å². The minimum atomic E-state index is -0.358. The molecule has 0 aliphatic heterocycles. The molecule has 3 aromatic rings. The lowest BCUT2D eigenvalue weighted by atomic mass is 10.1. The number of aliphatic hydroxyl groups is 1. The average molecular weight is 315 g/mol. The molecule has 1 heterocycles. The molecule has 0 atom stereocenters. The van der Waals surface area contributed by atoms with E-state index in [2.05, 4.69) is 9.97 Å². The highest BCUT2D eigenvalue weighted by Gasteiger charge is 2.11. The topological polar surface area (TPSA) is 89.8 Å². The molecule has 24 heavy (non-hydrogen) atoms. The third-order valence-electron chi connectivity index (χ3n) is 3.45. The summed E-state index contributed by atoms with van der Waals surface area (Å²) in [4.78, 5) is 18.9. The fourth-order valence-corrected chi connectivity index (χ4v) is 2.26. The van der Waals surface area contributed by atoms with E-state index in [1.165, 1.54) is 6.08 Å². The van der Waals surface area contributed by atoms with Crippen LogP contribution in [-0.4, -0.2) is 15.1 Å². The van der Waals surface area contributed by atoms with E-state index in [0.29, 0.717) is 10.9 Å². The minimum Gasteiger partial charge on any atom is -0.506 e. The summed E-state index contributed by atoms with van der Waals surface area (Å²) in [6.07, 6.45) is 3.08. The molecule has 0 aliphatic carbocycles. The predicted octanol–water partition coefficient (Wildman–Crippen LogP) is 3.43. The van der Waals surface area contributed by atoms with Crippen molar-refractivity contribution in [2.24, 2.45) is 0 Å². The Hall–Kier alpha value is -3.65. The number of rotatable bonds is 3. The standard InChI is InChI=1S/C19H13N3O2/c20-12-15(17(23)11-10-13-6-2-1-3-7-13)18-21-16-9-5-4-8-14(16)19(24)22-18/h1-11,23H,(H,21,22,24)/b11-10-,17-15-. The largest absolute Gasteiger partial charge is 0.506 e. The molecule has 0 bridgehead atoms. The lowest BCUT2D eigenvalue weighted by Crippen LogP contribution is -2.11. The number of aromatic amines is 1. The number of nitriles is 1. The molecule has 2 aromatic carbocycles. The van der Waals surface area contributed by atoms with Crippen molar-refractivity contribution in [1.29, 1.82) is 5.26 Å². The normalized spacial score (nSPS) is 12.1. The smallest absolute Gasteiger partial charge is 0.259 e. The SMILES string of the molecule is N#C/C(=C(O)\C=C/c1ccccc1)c1nc2ccccc2c(=O)[nH]1. The summed E-state index contributed by atoms with van der Waals surface area (Å²) in [7, 11) is 0. The molecule has 0 radical (unpaired) electrons. The Balaban J connectivity index is 2.06. The van der Waals surface area contributed by atoms with Crippen LogP contribution in [0.5, 0.6) is 0 Å². The van der Waals surface area contributed by atoms with Crippen LogP contribution in [0.15, 0.2) is 71.2 Å². The summed E-state index contributed by atoms with van der Waals surface area (Å²) in [6, 6.07) is 18.1. The first-order valence-corrected chi connectivity index (χ1v) is 7.25. The summed E-state index contributed by atoms with van der Waals surface area (Å²) < 4.78 is 0. The molecule has 0 saturated carbocycles. The number of para-hydroxylation sites is 1. The van der Waals surface area contributed by atoms with Gasteiger partial charge in [-0.15, -0.1) is 0 Å². The zero-order chi connectivity index (χ0) is 16.9. The fourth-order valence-electron chi connectivity index (χ4n) is 2.26. The first-order valence-electron chi connectivity index (χ1n) is 7.25. The van der Waals surface area contributed by atoms with Crippen molar-refractivity contribution in [1.82, 2.24) is 9.97 Å². The molecule has 1 aromatic heterocycles. The van der Waals surface area contributed by atoms with Gasteiger partial charge in [0.25, 0.3) is 5.56 Å².